The van der Waals surface area contributed by atoms with Gasteiger partial charge in [0.15, 0.2) is 0 Å². The number of aromatic nitrogens is 2. The second kappa shape index (κ2) is 7.56. The maximum absolute atomic E-state index is 12.2. The third kappa shape index (κ3) is 4.54. The average Bonchev–Trinajstić information content (AvgIpc) is 2.48. The largest absolute Gasteiger partial charge is 0.368 e. The topological polar surface area (TPSA) is 53.4 Å². The maximum Gasteiger partial charge on any atom is 0.268 e. The first kappa shape index (κ1) is 16.0. The van der Waals surface area contributed by atoms with Crippen LogP contribution in [0.25, 0.3) is 0 Å². The third-order valence-corrected chi connectivity index (χ3v) is 3.91. The molecule has 0 radical (unpaired) electrons. The molecule has 6 nitrogen and oxygen atoms in total. The second-order valence-corrected chi connectivity index (χ2v) is 5.88. The van der Waals surface area contributed by atoms with Crippen LogP contribution in [0.2, 0.25) is 0 Å². The third-order valence-electron chi connectivity index (χ3n) is 3.91. The van der Waals surface area contributed by atoms with Crippen LogP contribution in [0.15, 0.2) is 17.1 Å². The molecule has 1 N–H and O–H groups in total. The van der Waals surface area contributed by atoms with E-state index in [1.165, 1.54) is 0 Å². The Kier molecular flexibility index (Phi) is 5.76. The van der Waals surface area contributed by atoms with Gasteiger partial charge in [-0.15, -0.1) is 0 Å². The summed E-state index contributed by atoms with van der Waals surface area (Å²) < 4.78 is 1.55. The van der Waals surface area contributed by atoms with E-state index < -0.39 is 0 Å². The van der Waals surface area contributed by atoms with Gasteiger partial charge in [-0.05, 0) is 26.9 Å². The van der Waals surface area contributed by atoms with Gasteiger partial charge in [0.05, 0.1) is 18.4 Å². The highest BCUT2D eigenvalue weighted by atomic mass is 16.1. The summed E-state index contributed by atoms with van der Waals surface area (Å²) >= 11 is 0. The second-order valence-electron chi connectivity index (χ2n) is 5.88. The average molecular weight is 293 g/mol. The zero-order chi connectivity index (χ0) is 15.2. The molecule has 6 heteroatoms. The van der Waals surface area contributed by atoms with E-state index in [1.54, 1.807) is 10.7 Å². The number of likely N-dealkylation sites (N-methyl/N-ethyl adjacent to an activating group) is 1. The van der Waals surface area contributed by atoms with Gasteiger partial charge in [-0.25, -0.2) is 4.68 Å². The first-order valence-electron chi connectivity index (χ1n) is 7.84. The normalized spacial score (nSPS) is 18.0. The number of hydrogen-bond donors (Lipinski definition) is 1. The van der Waals surface area contributed by atoms with Gasteiger partial charge in [-0.3, -0.25) is 4.79 Å². The summed E-state index contributed by atoms with van der Waals surface area (Å²) in [5.74, 6) is 0. The van der Waals surface area contributed by atoms with Crippen LogP contribution in [0.3, 0.4) is 0 Å². The molecule has 1 aromatic rings. The minimum atomic E-state index is -0.0171. The Morgan fingerprint density at radius 3 is 2.67 bits per heavy atom. The molecule has 118 valence electrons. The van der Waals surface area contributed by atoms with Gasteiger partial charge in [-0.1, -0.05) is 6.92 Å². The monoisotopic (exact) mass is 293 g/mol. The Balaban J connectivity index is 1.99. The molecule has 0 aliphatic carbocycles. The lowest BCUT2D eigenvalue weighted by Gasteiger charge is -2.33. The number of hydrogen-bond acceptors (Lipinski definition) is 5. The minimum Gasteiger partial charge on any atom is -0.368 e. The van der Waals surface area contributed by atoms with E-state index >= 15 is 0 Å². The van der Waals surface area contributed by atoms with E-state index in [0.717, 1.165) is 44.8 Å². The Morgan fingerprint density at radius 1 is 1.33 bits per heavy atom. The van der Waals surface area contributed by atoms with Crippen LogP contribution in [0.1, 0.15) is 20.3 Å². The Hall–Kier alpha value is -1.40. The molecule has 0 saturated carbocycles. The summed E-state index contributed by atoms with van der Waals surface area (Å²) in [6.45, 7) is 9.76. The summed E-state index contributed by atoms with van der Waals surface area (Å²) in [6, 6.07) is 1.97. The minimum absolute atomic E-state index is 0.0171. The molecule has 1 aliphatic heterocycles. The highest BCUT2D eigenvalue weighted by Gasteiger charge is 2.15. The zero-order valence-corrected chi connectivity index (χ0v) is 13.4. The molecule has 0 amide bonds. The van der Waals surface area contributed by atoms with Crippen molar-refractivity contribution in [1.82, 2.24) is 20.0 Å². The van der Waals surface area contributed by atoms with E-state index in [9.17, 15) is 4.79 Å². The molecule has 2 heterocycles. The molecule has 21 heavy (non-hydrogen) atoms. The lowest BCUT2D eigenvalue weighted by atomic mass is 10.3. The summed E-state index contributed by atoms with van der Waals surface area (Å²) in [5, 5.41) is 7.70. The zero-order valence-electron chi connectivity index (χ0n) is 13.4. The van der Waals surface area contributed by atoms with Gasteiger partial charge in [0, 0.05) is 38.3 Å². The molecule has 0 aromatic carbocycles. The Morgan fingerprint density at radius 2 is 2.05 bits per heavy atom. The highest BCUT2D eigenvalue weighted by Crippen LogP contribution is 2.12. The summed E-state index contributed by atoms with van der Waals surface area (Å²) in [5.41, 5.74) is 0.926. The molecule has 2 rings (SSSR count). The van der Waals surface area contributed by atoms with E-state index in [0.29, 0.717) is 6.54 Å². The van der Waals surface area contributed by atoms with E-state index in [-0.39, 0.29) is 11.6 Å². The number of nitrogens with zero attached hydrogens (tertiary/aromatic N) is 4. The fourth-order valence-corrected chi connectivity index (χ4v) is 2.51. The number of nitrogens with one attached hydrogen (secondary N) is 1. The Labute approximate surface area is 126 Å². The molecule has 1 saturated heterocycles. The van der Waals surface area contributed by atoms with Gasteiger partial charge in [-0.2, -0.15) is 5.10 Å². The van der Waals surface area contributed by atoms with Gasteiger partial charge in [0.25, 0.3) is 5.56 Å². The van der Waals surface area contributed by atoms with Gasteiger partial charge < -0.3 is 15.1 Å². The molecule has 1 fully saturated rings. The van der Waals surface area contributed by atoms with E-state index in [1.807, 2.05) is 6.20 Å². The van der Waals surface area contributed by atoms with Crippen molar-refractivity contribution in [3.8, 4) is 0 Å². The molecular formula is C15H27N5O. The first-order chi connectivity index (χ1) is 10.1. The van der Waals surface area contributed by atoms with Crippen LogP contribution in [0, 0.1) is 0 Å². The van der Waals surface area contributed by atoms with Crippen LogP contribution in [0.5, 0.6) is 0 Å². The number of piperazine rings is 1. The van der Waals surface area contributed by atoms with Crippen molar-refractivity contribution < 1.29 is 0 Å². The predicted octanol–water partition coefficient (Wildman–Crippen LogP) is 0.383. The van der Waals surface area contributed by atoms with Gasteiger partial charge in [0.1, 0.15) is 0 Å². The van der Waals surface area contributed by atoms with E-state index in [4.69, 9.17) is 0 Å². The smallest absolute Gasteiger partial charge is 0.268 e. The molecule has 0 bridgehead atoms. The lowest BCUT2D eigenvalue weighted by molar-refractivity contribution is 0.312. The standard InChI is InChI=1S/C15H27N5O/c1-4-5-16-13(2)12-20-15(21)10-14(11-17-20)19-8-6-18(3)7-9-19/h10-11,13,16H,4-9,12H2,1-3H3. The lowest BCUT2D eigenvalue weighted by Crippen LogP contribution is -2.45. The fourth-order valence-electron chi connectivity index (χ4n) is 2.51. The molecule has 1 aromatic heterocycles. The van der Waals surface area contributed by atoms with Crippen molar-refractivity contribution in [3.05, 3.63) is 22.6 Å². The first-order valence-corrected chi connectivity index (χ1v) is 7.84. The van der Waals surface area contributed by atoms with Crippen LogP contribution >= 0.6 is 0 Å². The van der Waals surface area contributed by atoms with Crippen molar-refractivity contribution in [1.29, 1.82) is 0 Å². The fraction of sp³-hybridized carbons (Fsp3) is 0.733. The number of rotatable bonds is 6. The van der Waals surface area contributed by atoms with Crippen molar-refractivity contribution in [2.45, 2.75) is 32.9 Å². The van der Waals surface area contributed by atoms with Crippen LogP contribution in [0.4, 0.5) is 5.69 Å². The highest BCUT2D eigenvalue weighted by molar-refractivity contribution is 5.43. The van der Waals surface area contributed by atoms with Crippen LogP contribution < -0.4 is 15.8 Å². The van der Waals surface area contributed by atoms with Gasteiger partial charge >= 0.3 is 0 Å². The molecule has 0 spiro atoms. The SMILES string of the molecule is CCCNC(C)Cn1ncc(N2CCN(C)CC2)cc1=O. The maximum atomic E-state index is 12.2. The molecule has 1 atom stereocenters. The van der Waals surface area contributed by atoms with E-state index in [2.05, 4.69) is 41.1 Å². The van der Waals surface area contributed by atoms with Crippen molar-refractivity contribution >= 4 is 5.69 Å². The van der Waals surface area contributed by atoms with Crippen molar-refractivity contribution in [3.63, 3.8) is 0 Å². The van der Waals surface area contributed by atoms with Crippen LogP contribution in [-0.2, 0) is 6.54 Å². The van der Waals surface area contributed by atoms with Crippen molar-refractivity contribution in [2.75, 3.05) is 44.7 Å². The molecule has 1 unspecified atom stereocenters. The van der Waals surface area contributed by atoms with Crippen LogP contribution in [-0.4, -0.2) is 60.5 Å². The number of anilines is 1. The van der Waals surface area contributed by atoms with Crippen molar-refractivity contribution in [2.24, 2.45) is 0 Å². The quantitative estimate of drug-likeness (QED) is 0.822. The molecule has 1 aliphatic rings. The molecular weight excluding hydrogens is 266 g/mol. The van der Waals surface area contributed by atoms with Gasteiger partial charge in [0.2, 0.25) is 0 Å². The summed E-state index contributed by atoms with van der Waals surface area (Å²) in [4.78, 5) is 16.7. The summed E-state index contributed by atoms with van der Waals surface area (Å²) in [6.07, 6.45) is 2.91. The Bertz CT molecular complexity index is 493. The summed E-state index contributed by atoms with van der Waals surface area (Å²) in [7, 11) is 2.12. The predicted molar refractivity (Wildman–Crippen MR) is 86.0 cm³/mol.